The zero-order valence-electron chi connectivity index (χ0n) is 34.5. The van der Waals surface area contributed by atoms with Gasteiger partial charge < -0.3 is 29.5 Å². The molecule has 0 aliphatic carbocycles. The number of esters is 2. The van der Waals surface area contributed by atoms with Crippen LogP contribution in [-0.2, 0) is 28.2 Å². The Bertz CT molecular complexity index is 1210. The number of rotatable bonds is 37. The minimum Gasteiger partial charge on any atom is -0.462 e. The molecule has 2 unspecified atom stereocenters. The fourth-order valence-corrected chi connectivity index (χ4v) is 5.64. The van der Waals surface area contributed by atoms with Crippen LogP contribution >= 0.6 is 7.82 Å². The first-order valence-corrected chi connectivity index (χ1v) is 22.6. The van der Waals surface area contributed by atoms with E-state index in [1.54, 1.807) is 0 Å². The predicted molar refractivity (Wildman–Crippen MR) is 228 cm³/mol. The molecule has 0 heterocycles. The number of aliphatic hydroxyl groups excluding tert-OH is 2. The van der Waals surface area contributed by atoms with Crippen LogP contribution in [0.2, 0.25) is 0 Å². The van der Waals surface area contributed by atoms with Crippen molar-refractivity contribution in [1.82, 2.24) is 0 Å². The number of phosphoric acid groups is 1. The van der Waals surface area contributed by atoms with Gasteiger partial charge in [-0.15, -0.1) is 0 Å². The molecule has 0 bridgehead atoms. The topological polar surface area (TPSA) is 160 Å². The monoisotopic (exact) mass is 807 g/mol. The number of phosphoric ester groups is 1. The number of hydrogen-bond donors (Lipinski definition) is 4. The van der Waals surface area contributed by atoms with Crippen LogP contribution in [-0.4, -0.2) is 63.5 Å². The molecule has 0 fully saturated rings. The second kappa shape index (κ2) is 39.0. The third-order valence-corrected chi connectivity index (χ3v) is 9.07. The lowest BCUT2D eigenvalue weighted by molar-refractivity contribution is -0.161. The van der Waals surface area contributed by atoms with E-state index in [9.17, 15) is 24.4 Å². The number of carbonyl (C=O) groups excluding carboxylic acids is 2. The van der Waals surface area contributed by atoms with Gasteiger partial charge in [0.05, 0.1) is 18.8 Å². The Balaban J connectivity index is 4.25. The van der Waals surface area contributed by atoms with E-state index in [2.05, 4.69) is 91.3 Å². The lowest BCUT2D eigenvalue weighted by Crippen LogP contribution is -2.29. The molecule has 0 aromatic heterocycles. The highest BCUT2D eigenvalue weighted by Gasteiger charge is 2.23. The van der Waals surface area contributed by atoms with Crippen molar-refractivity contribution < 1.29 is 48.2 Å². The summed E-state index contributed by atoms with van der Waals surface area (Å²) >= 11 is 0. The van der Waals surface area contributed by atoms with Gasteiger partial charge in [0.15, 0.2) is 6.10 Å². The van der Waals surface area contributed by atoms with Crippen LogP contribution in [0.4, 0.5) is 0 Å². The first-order valence-electron chi connectivity index (χ1n) is 21.0. The first kappa shape index (κ1) is 53.1. The Kier molecular flexibility index (Phi) is 37.0. The molecule has 0 aromatic carbocycles. The van der Waals surface area contributed by atoms with Gasteiger partial charge in [0.1, 0.15) is 6.61 Å². The van der Waals surface area contributed by atoms with Crippen molar-refractivity contribution in [3.63, 3.8) is 0 Å². The highest BCUT2D eigenvalue weighted by Crippen LogP contribution is 2.36. The van der Waals surface area contributed by atoms with Gasteiger partial charge in [-0.3, -0.25) is 14.1 Å². The molecule has 4 N–H and O–H groups in total. The van der Waals surface area contributed by atoms with Crippen molar-refractivity contribution in [3.05, 3.63) is 85.1 Å². The van der Waals surface area contributed by atoms with E-state index >= 15 is 0 Å². The highest BCUT2D eigenvalue weighted by molar-refractivity contribution is 7.46. The number of allylic oxidation sites excluding steroid dienone is 13. The maximum Gasteiger partial charge on any atom is 0.469 e. The molecule has 0 rings (SSSR count). The van der Waals surface area contributed by atoms with Crippen molar-refractivity contribution in [2.75, 3.05) is 13.2 Å². The van der Waals surface area contributed by atoms with Crippen LogP contribution in [0.1, 0.15) is 155 Å². The Morgan fingerprint density at radius 2 is 0.982 bits per heavy atom. The minimum absolute atomic E-state index is 0.0586. The van der Waals surface area contributed by atoms with Crippen LogP contribution in [0.15, 0.2) is 85.1 Å². The first-order chi connectivity index (χ1) is 27.1. The van der Waals surface area contributed by atoms with Crippen molar-refractivity contribution >= 4 is 19.8 Å². The van der Waals surface area contributed by atoms with E-state index in [0.29, 0.717) is 6.42 Å². The second-order valence-corrected chi connectivity index (χ2v) is 15.2. The molecule has 320 valence electrons. The Morgan fingerprint density at radius 1 is 0.536 bits per heavy atom. The molecule has 0 spiro atoms. The predicted octanol–water partition coefficient (Wildman–Crippen LogP) is 10.8. The summed E-state index contributed by atoms with van der Waals surface area (Å²) in [5.74, 6) is -1.21. The summed E-state index contributed by atoms with van der Waals surface area (Å²) in [4.78, 5) is 42.9. The molecule has 0 aliphatic rings. The maximum atomic E-state index is 12.4. The lowest BCUT2D eigenvalue weighted by atomic mass is 10.0. The van der Waals surface area contributed by atoms with Gasteiger partial charge in [-0.05, 0) is 96.3 Å². The van der Waals surface area contributed by atoms with E-state index < -0.39 is 51.3 Å². The molecular formula is C45H75O10P. The number of aliphatic hydroxyl groups is 2. The lowest BCUT2D eigenvalue weighted by Gasteiger charge is -2.19. The molecule has 11 heteroatoms. The number of ether oxygens (including phenoxy) is 2. The van der Waals surface area contributed by atoms with E-state index in [1.165, 1.54) is 44.9 Å². The van der Waals surface area contributed by atoms with Crippen LogP contribution in [0.3, 0.4) is 0 Å². The number of carbonyl (C=O) groups is 2. The SMILES string of the molecule is CCCCC/C=C\C/C=C\C/C=C\C/C=C\CCCCCC(=O)O[C@H](COC(=O)CCCC(O)C(O)C/C=C\C/C=C\C/C=C\CCCCC)COP(=O)(O)O. The van der Waals surface area contributed by atoms with Gasteiger partial charge in [-0.2, -0.15) is 0 Å². The standard InChI is InChI=1S/C45H75O10P/c1-3-5-7-9-11-13-15-17-18-19-20-21-22-23-25-27-29-31-33-37-45(49)55-41(40-54-56(50,51)52)39-53-44(48)38-34-36-43(47)42(46)35-32-30-28-26-24-16-14-12-10-8-6-4-2/h11-14,17-18,20-21,23-26,30,32,41-43,46-47H,3-10,15-16,19,22,27-29,31,33-40H2,1-2H3,(H2,50,51,52)/b13-11-,14-12-,18-17-,21-20-,25-23-,26-24-,32-30-/t41-,42?,43?/m1/s1. The average Bonchev–Trinajstić information content (AvgIpc) is 3.16. The van der Waals surface area contributed by atoms with E-state index in [1.807, 2.05) is 12.2 Å². The Morgan fingerprint density at radius 3 is 1.46 bits per heavy atom. The molecule has 0 aromatic rings. The zero-order valence-corrected chi connectivity index (χ0v) is 35.4. The normalized spacial score (nSPS) is 14.5. The van der Waals surface area contributed by atoms with Gasteiger partial charge >= 0.3 is 19.8 Å². The minimum atomic E-state index is -4.84. The van der Waals surface area contributed by atoms with Gasteiger partial charge in [-0.25, -0.2) is 4.57 Å². The fourth-order valence-electron chi connectivity index (χ4n) is 5.28. The van der Waals surface area contributed by atoms with Crippen LogP contribution < -0.4 is 0 Å². The van der Waals surface area contributed by atoms with Crippen molar-refractivity contribution in [3.8, 4) is 0 Å². The maximum absolute atomic E-state index is 12.4. The van der Waals surface area contributed by atoms with Crippen molar-refractivity contribution in [2.45, 2.75) is 173 Å². The van der Waals surface area contributed by atoms with Crippen LogP contribution in [0.5, 0.6) is 0 Å². The molecule has 3 atom stereocenters. The Labute approximate surface area is 338 Å². The van der Waals surface area contributed by atoms with E-state index in [-0.39, 0.29) is 32.1 Å². The van der Waals surface area contributed by atoms with Gasteiger partial charge in [0.25, 0.3) is 0 Å². The third kappa shape index (κ3) is 39.4. The fraction of sp³-hybridized carbons (Fsp3) is 0.644. The molecule has 56 heavy (non-hydrogen) atoms. The van der Waals surface area contributed by atoms with Crippen molar-refractivity contribution in [1.29, 1.82) is 0 Å². The summed E-state index contributed by atoms with van der Waals surface area (Å²) in [5, 5.41) is 20.5. The molecule has 0 amide bonds. The van der Waals surface area contributed by atoms with Gasteiger partial charge in [0, 0.05) is 12.8 Å². The summed E-state index contributed by atoms with van der Waals surface area (Å²) in [6.07, 6.45) is 44.7. The summed E-state index contributed by atoms with van der Waals surface area (Å²) < 4.78 is 26.2. The Hall–Kier alpha value is -2.85. The highest BCUT2D eigenvalue weighted by atomic mass is 31.2. The molecule has 0 saturated heterocycles. The van der Waals surface area contributed by atoms with E-state index in [4.69, 9.17) is 19.3 Å². The smallest absolute Gasteiger partial charge is 0.462 e. The molecule has 10 nitrogen and oxygen atoms in total. The summed E-state index contributed by atoms with van der Waals surface area (Å²) in [5.41, 5.74) is 0. The quantitative estimate of drug-likeness (QED) is 0.0206. The van der Waals surface area contributed by atoms with Crippen LogP contribution in [0, 0.1) is 0 Å². The summed E-state index contributed by atoms with van der Waals surface area (Å²) in [7, 11) is -4.84. The molecule has 0 radical (unpaired) electrons. The molecule has 0 aliphatic heterocycles. The number of unbranched alkanes of at least 4 members (excludes halogenated alkanes) is 9. The van der Waals surface area contributed by atoms with Crippen LogP contribution in [0.25, 0.3) is 0 Å². The van der Waals surface area contributed by atoms with Gasteiger partial charge in [0.2, 0.25) is 0 Å². The summed E-state index contributed by atoms with van der Waals surface area (Å²) in [6.45, 7) is 3.34. The van der Waals surface area contributed by atoms with E-state index in [0.717, 1.165) is 57.8 Å². The molecular weight excluding hydrogens is 731 g/mol. The van der Waals surface area contributed by atoms with Crippen molar-refractivity contribution in [2.24, 2.45) is 0 Å². The average molecular weight is 807 g/mol. The zero-order chi connectivity index (χ0) is 41.4. The largest absolute Gasteiger partial charge is 0.469 e. The third-order valence-electron chi connectivity index (χ3n) is 8.59. The number of hydrogen-bond acceptors (Lipinski definition) is 8. The summed E-state index contributed by atoms with van der Waals surface area (Å²) in [6, 6.07) is 0. The second-order valence-electron chi connectivity index (χ2n) is 13.9. The van der Waals surface area contributed by atoms with Gasteiger partial charge in [-0.1, -0.05) is 131 Å². The molecule has 0 saturated carbocycles.